The Morgan fingerprint density at radius 2 is 1.88 bits per heavy atom. The molecule has 1 fully saturated rings. The second-order valence-electron chi connectivity index (χ2n) is 5.17. The lowest BCUT2D eigenvalue weighted by molar-refractivity contribution is 0.0862. The van der Waals surface area contributed by atoms with Gasteiger partial charge in [-0.05, 0) is 25.2 Å². The third-order valence-corrected chi connectivity index (χ3v) is 3.96. The summed E-state index contributed by atoms with van der Waals surface area (Å²) in [5.74, 6) is 1.28. The Morgan fingerprint density at radius 1 is 1.24 bits per heavy atom. The maximum absolute atomic E-state index is 12.5. The quantitative estimate of drug-likeness (QED) is 0.682. The topological polar surface area (TPSA) is 17.1 Å². The van der Waals surface area contributed by atoms with E-state index in [9.17, 15) is 4.79 Å². The smallest absolute Gasteiger partial charge is 0.166 e. The van der Waals surface area contributed by atoms with Crippen molar-refractivity contribution in [3.63, 3.8) is 0 Å². The molecule has 0 heterocycles. The van der Waals surface area contributed by atoms with Gasteiger partial charge in [-0.15, -0.1) is 0 Å². The van der Waals surface area contributed by atoms with Crippen molar-refractivity contribution in [3.05, 3.63) is 35.9 Å². The highest BCUT2D eigenvalue weighted by atomic mass is 16.1. The predicted molar refractivity (Wildman–Crippen MR) is 71.1 cm³/mol. The highest BCUT2D eigenvalue weighted by Gasteiger charge is 2.30. The van der Waals surface area contributed by atoms with E-state index in [1.165, 1.54) is 25.7 Å². The first kappa shape index (κ1) is 12.3. The normalized spacial score (nSPS) is 18.2. The molecule has 1 nitrogen and oxygen atoms in total. The van der Waals surface area contributed by atoms with E-state index < -0.39 is 0 Å². The fourth-order valence-corrected chi connectivity index (χ4v) is 3.07. The minimum atomic E-state index is 0.268. The van der Waals surface area contributed by atoms with Gasteiger partial charge in [-0.1, -0.05) is 56.5 Å². The zero-order chi connectivity index (χ0) is 12.1. The third-order valence-electron chi connectivity index (χ3n) is 3.96. The van der Waals surface area contributed by atoms with E-state index in [2.05, 4.69) is 6.92 Å². The highest BCUT2D eigenvalue weighted by Crippen LogP contribution is 2.35. The first-order chi connectivity index (χ1) is 8.33. The lowest BCUT2D eigenvalue weighted by Crippen LogP contribution is -2.22. The first-order valence-corrected chi connectivity index (χ1v) is 6.92. The Hall–Kier alpha value is -1.11. The minimum Gasteiger partial charge on any atom is -0.294 e. The van der Waals surface area contributed by atoms with Gasteiger partial charge in [-0.3, -0.25) is 4.79 Å². The molecule has 1 aromatic rings. The van der Waals surface area contributed by atoms with Crippen LogP contribution in [-0.2, 0) is 0 Å². The van der Waals surface area contributed by atoms with Crippen LogP contribution in [0.3, 0.4) is 0 Å². The molecule has 92 valence electrons. The number of Topliss-reactive ketones (excluding diaryl/α,β-unsaturated/α-hetero) is 1. The molecule has 0 N–H and O–H groups in total. The molecule has 1 aliphatic rings. The average molecular weight is 230 g/mol. The van der Waals surface area contributed by atoms with E-state index >= 15 is 0 Å². The zero-order valence-electron chi connectivity index (χ0n) is 10.7. The van der Waals surface area contributed by atoms with Gasteiger partial charge in [0.1, 0.15) is 0 Å². The summed E-state index contributed by atoms with van der Waals surface area (Å²) in [6.45, 7) is 2.18. The Kier molecular flexibility index (Phi) is 4.36. The first-order valence-electron chi connectivity index (χ1n) is 6.92. The Labute approximate surface area is 104 Å². The van der Waals surface area contributed by atoms with Crippen LogP contribution in [-0.4, -0.2) is 5.78 Å². The van der Waals surface area contributed by atoms with Crippen molar-refractivity contribution >= 4 is 5.78 Å². The van der Waals surface area contributed by atoms with Crippen molar-refractivity contribution in [2.75, 3.05) is 0 Å². The van der Waals surface area contributed by atoms with Gasteiger partial charge in [0, 0.05) is 11.5 Å². The van der Waals surface area contributed by atoms with Gasteiger partial charge >= 0.3 is 0 Å². The van der Waals surface area contributed by atoms with Crippen molar-refractivity contribution in [3.8, 4) is 0 Å². The number of benzene rings is 1. The van der Waals surface area contributed by atoms with Crippen molar-refractivity contribution in [2.24, 2.45) is 11.8 Å². The van der Waals surface area contributed by atoms with Crippen LogP contribution in [0, 0.1) is 11.8 Å². The van der Waals surface area contributed by atoms with Crippen LogP contribution in [0.1, 0.15) is 55.8 Å². The third kappa shape index (κ3) is 2.96. The standard InChI is InChI=1S/C16H22O/c1-2-8-15(13-9-6-7-10-13)16(17)14-11-4-3-5-12-14/h3-5,11-13,15H,2,6-10H2,1H3. The average Bonchev–Trinajstić information content (AvgIpc) is 2.90. The summed E-state index contributed by atoms with van der Waals surface area (Å²) in [5, 5.41) is 0. The van der Waals surface area contributed by atoms with Gasteiger partial charge in [-0.25, -0.2) is 0 Å². The zero-order valence-corrected chi connectivity index (χ0v) is 10.7. The van der Waals surface area contributed by atoms with Gasteiger partial charge in [-0.2, -0.15) is 0 Å². The molecule has 17 heavy (non-hydrogen) atoms. The second-order valence-corrected chi connectivity index (χ2v) is 5.17. The summed E-state index contributed by atoms with van der Waals surface area (Å²) in [4.78, 5) is 12.5. The van der Waals surface area contributed by atoms with Crippen molar-refractivity contribution in [2.45, 2.75) is 45.4 Å². The van der Waals surface area contributed by atoms with Gasteiger partial charge < -0.3 is 0 Å². The number of carbonyl (C=O) groups excluding carboxylic acids is 1. The molecule has 1 unspecified atom stereocenters. The van der Waals surface area contributed by atoms with Gasteiger partial charge in [0.2, 0.25) is 0 Å². The van der Waals surface area contributed by atoms with Crippen LogP contribution in [0.2, 0.25) is 0 Å². The predicted octanol–water partition coefficient (Wildman–Crippen LogP) is 4.48. The van der Waals surface area contributed by atoms with Crippen LogP contribution in [0.5, 0.6) is 0 Å². The van der Waals surface area contributed by atoms with E-state index in [1.54, 1.807) is 0 Å². The van der Waals surface area contributed by atoms with Crippen molar-refractivity contribution in [1.29, 1.82) is 0 Å². The molecule has 1 aliphatic carbocycles. The molecule has 0 amide bonds. The molecular weight excluding hydrogens is 208 g/mol. The summed E-state index contributed by atoms with van der Waals surface area (Å²) < 4.78 is 0. The number of ketones is 1. The number of hydrogen-bond donors (Lipinski definition) is 0. The molecule has 1 heteroatoms. The Balaban J connectivity index is 2.12. The fourth-order valence-electron chi connectivity index (χ4n) is 3.07. The summed E-state index contributed by atoms with van der Waals surface area (Å²) >= 11 is 0. The molecule has 0 aromatic heterocycles. The van der Waals surface area contributed by atoms with Crippen LogP contribution < -0.4 is 0 Å². The summed E-state index contributed by atoms with van der Waals surface area (Å²) in [6, 6.07) is 9.82. The summed E-state index contributed by atoms with van der Waals surface area (Å²) in [7, 11) is 0. The van der Waals surface area contributed by atoms with Gasteiger partial charge in [0.05, 0.1) is 0 Å². The van der Waals surface area contributed by atoms with Crippen molar-refractivity contribution in [1.82, 2.24) is 0 Å². The maximum atomic E-state index is 12.5. The molecule has 0 saturated heterocycles. The van der Waals surface area contributed by atoms with E-state index in [-0.39, 0.29) is 5.92 Å². The summed E-state index contributed by atoms with van der Waals surface area (Å²) in [5.41, 5.74) is 0.901. The van der Waals surface area contributed by atoms with Crippen LogP contribution in [0.15, 0.2) is 30.3 Å². The van der Waals surface area contributed by atoms with Crippen LogP contribution in [0.25, 0.3) is 0 Å². The fraction of sp³-hybridized carbons (Fsp3) is 0.562. The Morgan fingerprint density at radius 3 is 2.47 bits per heavy atom. The van der Waals surface area contributed by atoms with E-state index in [0.29, 0.717) is 11.7 Å². The van der Waals surface area contributed by atoms with Crippen molar-refractivity contribution < 1.29 is 4.79 Å². The molecule has 2 rings (SSSR count). The monoisotopic (exact) mass is 230 g/mol. The summed E-state index contributed by atoms with van der Waals surface area (Å²) in [6.07, 6.45) is 7.30. The molecule has 1 atom stereocenters. The van der Waals surface area contributed by atoms with E-state index in [0.717, 1.165) is 18.4 Å². The number of carbonyl (C=O) groups is 1. The number of hydrogen-bond acceptors (Lipinski definition) is 1. The number of rotatable bonds is 5. The lowest BCUT2D eigenvalue weighted by Gasteiger charge is -2.21. The van der Waals surface area contributed by atoms with E-state index in [4.69, 9.17) is 0 Å². The molecule has 0 spiro atoms. The van der Waals surface area contributed by atoms with Gasteiger partial charge in [0.15, 0.2) is 5.78 Å². The highest BCUT2D eigenvalue weighted by molar-refractivity contribution is 5.98. The molecule has 1 aromatic carbocycles. The van der Waals surface area contributed by atoms with E-state index in [1.807, 2.05) is 30.3 Å². The Bertz CT molecular complexity index is 349. The molecular formula is C16H22O. The largest absolute Gasteiger partial charge is 0.294 e. The lowest BCUT2D eigenvalue weighted by atomic mass is 9.81. The molecule has 1 saturated carbocycles. The molecule has 0 radical (unpaired) electrons. The van der Waals surface area contributed by atoms with Crippen LogP contribution in [0.4, 0.5) is 0 Å². The molecule has 0 aliphatic heterocycles. The maximum Gasteiger partial charge on any atom is 0.166 e. The molecule has 0 bridgehead atoms. The SMILES string of the molecule is CCCC(C(=O)c1ccccc1)C1CCCC1. The van der Waals surface area contributed by atoms with Crippen LogP contribution >= 0.6 is 0 Å². The minimum absolute atomic E-state index is 0.268. The second kappa shape index (κ2) is 6.00. The van der Waals surface area contributed by atoms with Gasteiger partial charge in [0.25, 0.3) is 0 Å².